The summed E-state index contributed by atoms with van der Waals surface area (Å²) in [6.07, 6.45) is 1.09. The molecule has 2 rings (SSSR count). The molecule has 0 aliphatic carbocycles. The lowest BCUT2D eigenvalue weighted by atomic mass is 10.1. The van der Waals surface area contributed by atoms with Gasteiger partial charge in [0.15, 0.2) is 5.13 Å². The fraction of sp³-hybridized carbons (Fsp3) is 0.438. The largest absolute Gasteiger partial charge is 0.497 e. The molecule has 0 atom stereocenters. The molecule has 0 spiro atoms. The van der Waals surface area contributed by atoms with Crippen molar-refractivity contribution in [3.8, 4) is 22.8 Å². The van der Waals surface area contributed by atoms with E-state index in [0.717, 1.165) is 47.4 Å². The van der Waals surface area contributed by atoms with Crippen molar-refractivity contribution in [2.75, 3.05) is 46.7 Å². The molecule has 1 heterocycles. The monoisotopic (exact) mass is 321 g/mol. The molecule has 0 amide bonds. The summed E-state index contributed by atoms with van der Waals surface area (Å²) < 4.78 is 10.7. The van der Waals surface area contributed by atoms with E-state index in [0.29, 0.717) is 0 Å². The summed E-state index contributed by atoms with van der Waals surface area (Å²) in [6, 6.07) is 5.73. The van der Waals surface area contributed by atoms with Crippen LogP contribution in [0.2, 0.25) is 0 Å². The molecule has 22 heavy (non-hydrogen) atoms. The third-order valence-corrected chi connectivity index (χ3v) is 4.05. The summed E-state index contributed by atoms with van der Waals surface area (Å²) in [5.41, 5.74) is 1.84. The highest BCUT2D eigenvalue weighted by atomic mass is 32.1. The van der Waals surface area contributed by atoms with E-state index in [-0.39, 0.29) is 0 Å². The topological polar surface area (TPSA) is 46.6 Å². The number of aromatic nitrogens is 1. The zero-order valence-corrected chi connectivity index (χ0v) is 14.4. The molecule has 2 aromatic rings. The Balaban J connectivity index is 2.07. The van der Waals surface area contributed by atoms with Crippen molar-refractivity contribution < 1.29 is 9.47 Å². The summed E-state index contributed by atoms with van der Waals surface area (Å²) in [5.74, 6) is 1.59. The number of nitrogens with one attached hydrogen (secondary N) is 1. The van der Waals surface area contributed by atoms with Gasteiger partial charge in [-0.3, -0.25) is 0 Å². The van der Waals surface area contributed by atoms with Gasteiger partial charge in [0.1, 0.15) is 11.5 Å². The van der Waals surface area contributed by atoms with Crippen LogP contribution in [0, 0.1) is 0 Å². The summed E-state index contributed by atoms with van der Waals surface area (Å²) in [5, 5.41) is 6.33. The molecule has 0 unspecified atom stereocenters. The predicted molar refractivity (Wildman–Crippen MR) is 92.3 cm³/mol. The first-order valence-electron chi connectivity index (χ1n) is 7.20. The first kappa shape index (κ1) is 16.6. The Morgan fingerprint density at radius 2 is 2.05 bits per heavy atom. The van der Waals surface area contributed by atoms with Crippen LogP contribution in [0.25, 0.3) is 11.3 Å². The van der Waals surface area contributed by atoms with Gasteiger partial charge in [0.25, 0.3) is 0 Å². The number of methoxy groups -OCH3 is 2. The number of ether oxygens (including phenoxy) is 2. The number of benzene rings is 1. The SMILES string of the molecule is COc1ccc(OC)c(-c2csc(NCCCN(C)C)n2)c1. The number of hydrogen-bond acceptors (Lipinski definition) is 6. The van der Waals surface area contributed by atoms with Crippen molar-refractivity contribution >= 4 is 16.5 Å². The zero-order valence-electron chi connectivity index (χ0n) is 13.5. The van der Waals surface area contributed by atoms with E-state index in [2.05, 4.69) is 29.3 Å². The first-order valence-corrected chi connectivity index (χ1v) is 8.08. The minimum absolute atomic E-state index is 0.796. The zero-order chi connectivity index (χ0) is 15.9. The lowest BCUT2D eigenvalue weighted by Gasteiger charge is -2.09. The minimum Gasteiger partial charge on any atom is -0.497 e. The van der Waals surface area contributed by atoms with Crippen LogP contribution in [0.1, 0.15) is 6.42 Å². The Hall–Kier alpha value is -1.79. The number of anilines is 1. The van der Waals surface area contributed by atoms with Gasteiger partial charge in [-0.25, -0.2) is 4.98 Å². The molecule has 6 heteroatoms. The molecule has 0 saturated carbocycles. The lowest BCUT2D eigenvalue weighted by Crippen LogP contribution is -2.16. The molecule has 0 fully saturated rings. The molecular weight excluding hydrogens is 298 g/mol. The van der Waals surface area contributed by atoms with Crippen molar-refractivity contribution in [1.29, 1.82) is 0 Å². The maximum Gasteiger partial charge on any atom is 0.183 e. The van der Waals surface area contributed by atoms with Crippen LogP contribution in [-0.4, -0.2) is 51.3 Å². The van der Waals surface area contributed by atoms with E-state index in [1.807, 2.05) is 23.6 Å². The second-order valence-electron chi connectivity index (χ2n) is 5.19. The highest BCUT2D eigenvalue weighted by molar-refractivity contribution is 7.14. The summed E-state index contributed by atoms with van der Waals surface area (Å²) in [7, 11) is 7.48. The van der Waals surface area contributed by atoms with Gasteiger partial charge in [-0.05, 0) is 45.3 Å². The Kier molecular flexibility index (Phi) is 6.03. The number of rotatable bonds is 8. The molecule has 120 valence electrons. The van der Waals surface area contributed by atoms with Crippen LogP contribution in [-0.2, 0) is 0 Å². The second-order valence-corrected chi connectivity index (χ2v) is 6.05. The van der Waals surface area contributed by atoms with Crippen LogP contribution < -0.4 is 14.8 Å². The molecule has 1 aromatic heterocycles. The minimum atomic E-state index is 0.796. The molecule has 0 aliphatic heterocycles. The van der Waals surface area contributed by atoms with E-state index in [1.54, 1.807) is 25.6 Å². The van der Waals surface area contributed by atoms with Crippen molar-refractivity contribution in [2.24, 2.45) is 0 Å². The Bertz CT molecular complexity index is 599. The number of thiazole rings is 1. The summed E-state index contributed by atoms with van der Waals surface area (Å²) in [4.78, 5) is 6.82. The molecule has 5 nitrogen and oxygen atoms in total. The summed E-state index contributed by atoms with van der Waals surface area (Å²) >= 11 is 1.60. The quantitative estimate of drug-likeness (QED) is 0.757. The molecular formula is C16H23N3O2S. The van der Waals surface area contributed by atoms with Crippen LogP contribution in [0.4, 0.5) is 5.13 Å². The molecule has 1 aromatic carbocycles. The second kappa shape index (κ2) is 8.00. The van der Waals surface area contributed by atoms with E-state index >= 15 is 0 Å². The van der Waals surface area contributed by atoms with Crippen LogP contribution in [0.5, 0.6) is 11.5 Å². The van der Waals surface area contributed by atoms with Gasteiger partial charge in [0.2, 0.25) is 0 Å². The fourth-order valence-electron chi connectivity index (χ4n) is 2.08. The van der Waals surface area contributed by atoms with Gasteiger partial charge in [0, 0.05) is 17.5 Å². The Labute approximate surface area is 135 Å². The Morgan fingerprint density at radius 1 is 1.23 bits per heavy atom. The predicted octanol–water partition coefficient (Wildman–Crippen LogP) is 3.19. The van der Waals surface area contributed by atoms with Crippen LogP contribution in [0.3, 0.4) is 0 Å². The van der Waals surface area contributed by atoms with E-state index in [1.165, 1.54) is 0 Å². The highest BCUT2D eigenvalue weighted by Gasteiger charge is 2.11. The third-order valence-electron chi connectivity index (χ3n) is 3.25. The van der Waals surface area contributed by atoms with Crippen molar-refractivity contribution in [3.63, 3.8) is 0 Å². The van der Waals surface area contributed by atoms with Gasteiger partial charge in [-0.15, -0.1) is 11.3 Å². The van der Waals surface area contributed by atoms with E-state index < -0.39 is 0 Å². The average molecular weight is 321 g/mol. The molecule has 0 radical (unpaired) electrons. The van der Waals surface area contributed by atoms with Gasteiger partial charge < -0.3 is 19.7 Å². The lowest BCUT2D eigenvalue weighted by molar-refractivity contribution is 0.404. The normalized spacial score (nSPS) is 10.8. The standard InChI is InChI=1S/C16H23N3O2S/c1-19(2)9-5-8-17-16-18-14(11-22-16)13-10-12(20-3)6-7-15(13)21-4/h6-7,10-11H,5,8-9H2,1-4H3,(H,17,18). The molecule has 0 saturated heterocycles. The molecule has 0 bridgehead atoms. The Morgan fingerprint density at radius 3 is 2.73 bits per heavy atom. The summed E-state index contributed by atoms with van der Waals surface area (Å²) in [6.45, 7) is 1.98. The maximum absolute atomic E-state index is 5.42. The van der Waals surface area contributed by atoms with Crippen molar-refractivity contribution in [1.82, 2.24) is 9.88 Å². The van der Waals surface area contributed by atoms with Crippen LogP contribution in [0.15, 0.2) is 23.6 Å². The van der Waals surface area contributed by atoms with Gasteiger partial charge in [-0.1, -0.05) is 0 Å². The van der Waals surface area contributed by atoms with Gasteiger partial charge in [0.05, 0.1) is 19.9 Å². The molecule has 0 aliphatic rings. The molecule has 1 N–H and O–H groups in total. The van der Waals surface area contributed by atoms with Crippen LogP contribution >= 0.6 is 11.3 Å². The number of nitrogens with zero attached hydrogens (tertiary/aromatic N) is 2. The van der Waals surface area contributed by atoms with Crippen molar-refractivity contribution in [2.45, 2.75) is 6.42 Å². The van der Waals surface area contributed by atoms with E-state index in [9.17, 15) is 0 Å². The van der Waals surface area contributed by atoms with E-state index in [4.69, 9.17) is 9.47 Å². The highest BCUT2D eigenvalue weighted by Crippen LogP contribution is 2.34. The smallest absolute Gasteiger partial charge is 0.183 e. The van der Waals surface area contributed by atoms with Gasteiger partial charge in [-0.2, -0.15) is 0 Å². The maximum atomic E-state index is 5.42. The number of hydrogen-bond donors (Lipinski definition) is 1. The third kappa shape index (κ3) is 4.35. The fourth-order valence-corrected chi connectivity index (χ4v) is 2.82. The van der Waals surface area contributed by atoms with Gasteiger partial charge >= 0.3 is 0 Å². The first-order chi connectivity index (χ1) is 10.6. The average Bonchev–Trinajstić information content (AvgIpc) is 2.99. The van der Waals surface area contributed by atoms with Crippen molar-refractivity contribution in [3.05, 3.63) is 23.6 Å².